The summed E-state index contributed by atoms with van der Waals surface area (Å²) in [6.07, 6.45) is -3.45. The normalized spacial score (nSPS) is 13.2. The highest BCUT2D eigenvalue weighted by Gasteiger charge is 2.32. The van der Waals surface area contributed by atoms with Gasteiger partial charge in [-0.15, -0.1) is 12.4 Å². The maximum absolute atomic E-state index is 13.8. The Morgan fingerprint density at radius 2 is 1.75 bits per heavy atom. The minimum Gasteiger partial charge on any atom is -0.324 e. The molecule has 0 radical (unpaired) electrons. The molecule has 0 aliphatic carbocycles. The topological polar surface area (TPSA) is 26.0 Å². The number of alkyl halides is 3. The first-order valence-electron chi connectivity index (χ1n) is 5.94. The zero-order chi connectivity index (χ0) is 14.8. The lowest BCUT2D eigenvalue weighted by molar-refractivity contribution is -0.137. The summed E-state index contributed by atoms with van der Waals surface area (Å²) in [6, 6.07) is 0.532. The molecule has 0 heterocycles. The predicted molar refractivity (Wildman–Crippen MR) is 74.7 cm³/mol. The second kappa shape index (κ2) is 7.48. The molecule has 0 bridgehead atoms. The Morgan fingerprint density at radius 3 is 2.20 bits per heavy atom. The molecule has 0 aliphatic heterocycles. The van der Waals surface area contributed by atoms with E-state index in [1.807, 2.05) is 13.8 Å². The standard InChI is InChI=1S/C13H16ClF4N.ClH/c1-7(2)3-4-11(19)9-5-8(13(16,17)18)6-10(14)12(9)15;/h5-7,11H,3-4,19H2,1-2H3;1H/t11-;/m1./s1. The maximum Gasteiger partial charge on any atom is 0.416 e. The zero-order valence-electron chi connectivity index (χ0n) is 11.1. The van der Waals surface area contributed by atoms with Crippen LogP contribution in [0.25, 0.3) is 0 Å². The van der Waals surface area contributed by atoms with E-state index in [1.165, 1.54) is 0 Å². The van der Waals surface area contributed by atoms with Crippen LogP contribution < -0.4 is 5.73 Å². The van der Waals surface area contributed by atoms with Crippen molar-refractivity contribution in [3.05, 3.63) is 34.1 Å². The highest BCUT2D eigenvalue weighted by Crippen LogP contribution is 2.35. The fraction of sp³-hybridized carbons (Fsp3) is 0.538. The summed E-state index contributed by atoms with van der Waals surface area (Å²) >= 11 is 5.50. The maximum atomic E-state index is 13.8. The van der Waals surface area contributed by atoms with Gasteiger partial charge >= 0.3 is 6.18 Å². The molecule has 1 atom stereocenters. The van der Waals surface area contributed by atoms with E-state index in [0.29, 0.717) is 24.8 Å². The van der Waals surface area contributed by atoms with Gasteiger partial charge in [0.1, 0.15) is 5.82 Å². The van der Waals surface area contributed by atoms with Crippen molar-refractivity contribution in [1.29, 1.82) is 0 Å². The highest BCUT2D eigenvalue weighted by atomic mass is 35.5. The van der Waals surface area contributed by atoms with E-state index in [9.17, 15) is 17.6 Å². The van der Waals surface area contributed by atoms with Gasteiger partial charge in [-0.1, -0.05) is 25.4 Å². The third-order valence-corrected chi connectivity index (χ3v) is 3.11. The summed E-state index contributed by atoms with van der Waals surface area (Å²) in [5.41, 5.74) is 4.60. The molecule has 116 valence electrons. The smallest absolute Gasteiger partial charge is 0.324 e. The average molecular weight is 334 g/mol. The van der Waals surface area contributed by atoms with E-state index >= 15 is 0 Å². The Balaban J connectivity index is 0.00000361. The molecule has 1 aromatic carbocycles. The monoisotopic (exact) mass is 333 g/mol. The summed E-state index contributed by atoms with van der Waals surface area (Å²) in [6.45, 7) is 3.92. The van der Waals surface area contributed by atoms with Crippen LogP contribution in [0.4, 0.5) is 17.6 Å². The fourth-order valence-corrected chi connectivity index (χ4v) is 1.94. The molecule has 0 unspecified atom stereocenters. The highest BCUT2D eigenvalue weighted by molar-refractivity contribution is 6.30. The van der Waals surface area contributed by atoms with Crippen LogP contribution in [0.15, 0.2) is 12.1 Å². The van der Waals surface area contributed by atoms with Crippen LogP contribution in [0.2, 0.25) is 5.02 Å². The first-order valence-corrected chi connectivity index (χ1v) is 6.32. The molecule has 0 spiro atoms. The second-order valence-corrected chi connectivity index (χ2v) is 5.34. The van der Waals surface area contributed by atoms with Crippen LogP contribution in [0.1, 0.15) is 43.9 Å². The minimum absolute atomic E-state index is 0. The van der Waals surface area contributed by atoms with Crippen molar-refractivity contribution < 1.29 is 17.6 Å². The van der Waals surface area contributed by atoms with Gasteiger partial charge < -0.3 is 5.73 Å². The zero-order valence-corrected chi connectivity index (χ0v) is 12.7. The Kier molecular flexibility index (Phi) is 7.28. The lowest BCUT2D eigenvalue weighted by Crippen LogP contribution is -2.15. The van der Waals surface area contributed by atoms with Crippen LogP contribution in [-0.4, -0.2) is 0 Å². The van der Waals surface area contributed by atoms with Gasteiger partial charge in [-0.05, 0) is 30.9 Å². The van der Waals surface area contributed by atoms with E-state index < -0.39 is 28.6 Å². The number of halogens is 6. The first kappa shape index (κ1) is 19.5. The van der Waals surface area contributed by atoms with Gasteiger partial charge in [0.2, 0.25) is 0 Å². The van der Waals surface area contributed by atoms with Crippen LogP contribution in [0, 0.1) is 11.7 Å². The first-order chi connectivity index (χ1) is 8.62. The fourth-order valence-electron chi connectivity index (χ4n) is 1.71. The second-order valence-electron chi connectivity index (χ2n) is 4.94. The summed E-state index contributed by atoms with van der Waals surface area (Å²) < 4.78 is 51.7. The molecule has 1 aromatic rings. The Bertz CT molecular complexity index is 447. The van der Waals surface area contributed by atoms with Crippen LogP contribution in [0.3, 0.4) is 0 Å². The van der Waals surface area contributed by atoms with E-state index in [1.54, 1.807) is 0 Å². The third-order valence-electron chi connectivity index (χ3n) is 2.84. The molecule has 0 saturated carbocycles. The number of rotatable bonds is 4. The van der Waals surface area contributed by atoms with Crippen LogP contribution in [-0.2, 0) is 6.18 Å². The van der Waals surface area contributed by atoms with Crippen molar-refractivity contribution in [2.75, 3.05) is 0 Å². The number of benzene rings is 1. The molecule has 0 saturated heterocycles. The van der Waals surface area contributed by atoms with Gasteiger partial charge in [0.25, 0.3) is 0 Å². The molecular formula is C13H17Cl2F4N. The number of nitrogens with two attached hydrogens (primary N) is 1. The van der Waals surface area contributed by atoms with Crippen molar-refractivity contribution in [2.24, 2.45) is 11.7 Å². The van der Waals surface area contributed by atoms with E-state index in [0.717, 1.165) is 6.07 Å². The Labute approximate surface area is 126 Å². The van der Waals surface area contributed by atoms with Gasteiger partial charge in [0.05, 0.1) is 10.6 Å². The van der Waals surface area contributed by atoms with E-state index in [-0.39, 0.29) is 18.0 Å². The molecule has 0 fully saturated rings. The third kappa shape index (κ3) is 5.11. The van der Waals surface area contributed by atoms with Crippen molar-refractivity contribution in [3.63, 3.8) is 0 Å². The molecule has 0 aromatic heterocycles. The Morgan fingerprint density at radius 1 is 1.20 bits per heavy atom. The van der Waals surface area contributed by atoms with Crippen molar-refractivity contribution >= 4 is 24.0 Å². The quantitative estimate of drug-likeness (QED) is 0.738. The van der Waals surface area contributed by atoms with Gasteiger partial charge in [0, 0.05) is 11.6 Å². The molecule has 0 amide bonds. The molecule has 1 nitrogen and oxygen atoms in total. The minimum atomic E-state index is -4.57. The summed E-state index contributed by atoms with van der Waals surface area (Å²) in [4.78, 5) is 0. The van der Waals surface area contributed by atoms with Crippen LogP contribution in [0.5, 0.6) is 0 Å². The molecule has 20 heavy (non-hydrogen) atoms. The van der Waals surface area contributed by atoms with Gasteiger partial charge in [-0.2, -0.15) is 13.2 Å². The van der Waals surface area contributed by atoms with E-state index in [4.69, 9.17) is 17.3 Å². The predicted octanol–water partition coefficient (Wildman–Crippen LogP) is 5.36. The summed E-state index contributed by atoms with van der Waals surface area (Å²) in [7, 11) is 0. The molecule has 1 rings (SSSR count). The largest absolute Gasteiger partial charge is 0.416 e. The summed E-state index contributed by atoms with van der Waals surface area (Å²) in [5.74, 6) is -0.527. The summed E-state index contributed by atoms with van der Waals surface area (Å²) in [5, 5.41) is -0.551. The lowest BCUT2D eigenvalue weighted by Gasteiger charge is -2.17. The van der Waals surface area contributed by atoms with Crippen molar-refractivity contribution in [2.45, 2.75) is 38.9 Å². The lowest BCUT2D eigenvalue weighted by atomic mass is 9.96. The SMILES string of the molecule is CC(C)CC[C@@H](N)c1cc(C(F)(F)F)cc(Cl)c1F.Cl. The number of hydrogen-bond donors (Lipinski definition) is 1. The molecule has 0 aliphatic rings. The van der Waals surface area contributed by atoms with Crippen molar-refractivity contribution in [3.8, 4) is 0 Å². The average Bonchev–Trinajstić information content (AvgIpc) is 2.27. The van der Waals surface area contributed by atoms with Crippen LogP contribution >= 0.6 is 24.0 Å². The number of hydrogen-bond acceptors (Lipinski definition) is 1. The molecule has 7 heteroatoms. The van der Waals surface area contributed by atoms with Crippen molar-refractivity contribution in [1.82, 2.24) is 0 Å². The van der Waals surface area contributed by atoms with E-state index in [2.05, 4.69) is 0 Å². The van der Waals surface area contributed by atoms with Gasteiger partial charge in [0.15, 0.2) is 0 Å². The van der Waals surface area contributed by atoms with Gasteiger partial charge in [-0.25, -0.2) is 4.39 Å². The molecule has 2 N–H and O–H groups in total. The Hall–Kier alpha value is -0.520. The molecular weight excluding hydrogens is 317 g/mol. The van der Waals surface area contributed by atoms with Gasteiger partial charge in [-0.3, -0.25) is 0 Å².